The number of nitrogens with one attached hydrogen (secondary N) is 1. The molecule has 0 radical (unpaired) electrons. The largest absolute Gasteiger partial charge is 0.508 e. The summed E-state index contributed by atoms with van der Waals surface area (Å²) in [6.07, 6.45) is 0.888. The van der Waals surface area contributed by atoms with Crippen LogP contribution in [0.15, 0.2) is 42.5 Å². The molecule has 1 heterocycles. The molecule has 1 unspecified atom stereocenters. The number of anilines is 1. The fraction of sp³-hybridized carbons (Fsp3) is 0.200. The first kappa shape index (κ1) is 12.9. The fourth-order valence-electron chi connectivity index (χ4n) is 2.65. The molecule has 0 fully saturated rings. The molecule has 0 saturated carbocycles. The zero-order valence-corrected chi connectivity index (χ0v) is 10.8. The Hall–Kier alpha value is -2.08. The molecule has 1 aliphatic heterocycles. The molecule has 0 saturated heterocycles. The Bertz CT molecular complexity index is 611. The fourth-order valence-corrected chi connectivity index (χ4v) is 2.65. The number of fused-ring (bicyclic) bond motifs is 1. The summed E-state index contributed by atoms with van der Waals surface area (Å²) in [7, 11) is 0. The highest BCUT2D eigenvalue weighted by Crippen LogP contribution is 2.31. The van der Waals surface area contributed by atoms with Crippen molar-refractivity contribution < 1.29 is 15.5 Å². The molecule has 4 N–H and O–H groups in total. The number of phenolic OH excluding ortho intramolecular Hbond substituents is 1. The first-order valence-electron chi connectivity index (χ1n) is 6.48. The number of hydrogen-bond acceptors (Lipinski definition) is 5. The molecular weight excluding hydrogens is 256 g/mol. The monoisotopic (exact) mass is 272 g/mol. The molecule has 0 amide bonds. The van der Waals surface area contributed by atoms with E-state index in [-0.39, 0.29) is 17.0 Å². The van der Waals surface area contributed by atoms with Crippen LogP contribution in [0.4, 0.5) is 5.69 Å². The lowest BCUT2D eigenvalue weighted by molar-refractivity contribution is 0.0291. The van der Waals surface area contributed by atoms with Gasteiger partial charge in [-0.15, -0.1) is 5.23 Å². The third-order valence-electron chi connectivity index (χ3n) is 3.64. The van der Waals surface area contributed by atoms with Crippen LogP contribution < -0.4 is 10.5 Å². The normalized spacial score (nSPS) is 17.6. The SMILES string of the molecule is Oc1ccc2c(c1)CCNC2c1ccc(N(O)O)cc1. The summed E-state index contributed by atoms with van der Waals surface area (Å²) in [5.41, 5.74) is 3.65. The summed E-state index contributed by atoms with van der Waals surface area (Å²) in [4.78, 5) is 0. The van der Waals surface area contributed by atoms with Gasteiger partial charge in [0, 0.05) is 6.54 Å². The summed E-state index contributed by atoms with van der Waals surface area (Å²) in [6, 6.07) is 12.5. The maximum Gasteiger partial charge on any atom is 0.115 e. The number of nitrogens with zero attached hydrogens (tertiary/aromatic N) is 1. The molecule has 0 spiro atoms. The molecule has 20 heavy (non-hydrogen) atoms. The van der Waals surface area contributed by atoms with E-state index in [1.54, 1.807) is 24.3 Å². The average Bonchev–Trinajstić information content (AvgIpc) is 2.46. The van der Waals surface area contributed by atoms with Gasteiger partial charge in [0.2, 0.25) is 0 Å². The van der Waals surface area contributed by atoms with Gasteiger partial charge in [-0.1, -0.05) is 18.2 Å². The van der Waals surface area contributed by atoms with Gasteiger partial charge in [-0.2, -0.15) is 0 Å². The van der Waals surface area contributed by atoms with Crippen molar-refractivity contribution in [1.29, 1.82) is 0 Å². The van der Waals surface area contributed by atoms with E-state index in [9.17, 15) is 5.11 Å². The highest BCUT2D eigenvalue weighted by Gasteiger charge is 2.21. The molecule has 2 aromatic carbocycles. The number of benzene rings is 2. The van der Waals surface area contributed by atoms with Crippen LogP contribution in [0, 0.1) is 0 Å². The molecule has 104 valence electrons. The minimum absolute atomic E-state index is 0.0548. The highest BCUT2D eigenvalue weighted by molar-refractivity contribution is 5.47. The molecule has 0 aromatic heterocycles. The molecule has 5 nitrogen and oxygen atoms in total. The molecule has 1 aliphatic rings. The maximum absolute atomic E-state index is 9.56. The van der Waals surface area contributed by atoms with Crippen molar-refractivity contribution in [2.45, 2.75) is 12.5 Å². The van der Waals surface area contributed by atoms with E-state index in [0.717, 1.165) is 29.7 Å². The van der Waals surface area contributed by atoms with Crippen LogP contribution >= 0.6 is 0 Å². The van der Waals surface area contributed by atoms with E-state index in [0.29, 0.717) is 5.69 Å². The van der Waals surface area contributed by atoms with Gasteiger partial charge < -0.3 is 10.4 Å². The zero-order chi connectivity index (χ0) is 14.1. The van der Waals surface area contributed by atoms with Crippen molar-refractivity contribution in [1.82, 2.24) is 5.32 Å². The minimum Gasteiger partial charge on any atom is -0.508 e. The van der Waals surface area contributed by atoms with E-state index >= 15 is 0 Å². The van der Waals surface area contributed by atoms with Gasteiger partial charge in [0.15, 0.2) is 0 Å². The first-order valence-corrected chi connectivity index (χ1v) is 6.48. The molecule has 2 aromatic rings. The molecule has 1 atom stereocenters. The second kappa shape index (κ2) is 5.13. The van der Waals surface area contributed by atoms with Crippen molar-refractivity contribution in [2.24, 2.45) is 0 Å². The van der Waals surface area contributed by atoms with Crippen molar-refractivity contribution >= 4 is 5.69 Å². The molecule has 0 aliphatic carbocycles. The predicted molar refractivity (Wildman–Crippen MR) is 74.2 cm³/mol. The van der Waals surface area contributed by atoms with Gasteiger partial charge in [-0.25, -0.2) is 0 Å². The van der Waals surface area contributed by atoms with E-state index in [4.69, 9.17) is 10.4 Å². The number of phenols is 1. The van der Waals surface area contributed by atoms with Crippen LogP contribution in [-0.2, 0) is 6.42 Å². The Morgan fingerprint density at radius 3 is 2.50 bits per heavy atom. The zero-order valence-electron chi connectivity index (χ0n) is 10.8. The average molecular weight is 272 g/mol. The van der Waals surface area contributed by atoms with Crippen molar-refractivity contribution in [3.63, 3.8) is 0 Å². The summed E-state index contributed by atoms with van der Waals surface area (Å²) < 4.78 is 0. The standard InChI is InChI=1S/C15H16N2O3/c18-13-5-6-14-11(9-13)7-8-16-15(14)10-1-3-12(4-2-10)17(19)20/h1-6,9,15-16,18-20H,7-8H2. The Kier molecular flexibility index (Phi) is 3.31. The molecule has 0 bridgehead atoms. The van der Waals surface area contributed by atoms with Crippen LogP contribution in [0.1, 0.15) is 22.7 Å². The topological polar surface area (TPSA) is 76.0 Å². The van der Waals surface area contributed by atoms with Crippen LogP contribution in [0.2, 0.25) is 0 Å². The lowest BCUT2D eigenvalue weighted by Gasteiger charge is -2.27. The van der Waals surface area contributed by atoms with Gasteiger partial charge in [-0.05, 0) is 47.4 Å². The second-order valence-electron chi connectivity index (χ2n) is 4.90. The summed E-state index contributed by atoms with van der Waals surface area (Å²) in [5, 5.41) is 31.0. The van der Waals surface area contributed by atoms with Crippen molar-refractivity contribution in [3.05, 3.63) is 59.2 Å². The van der Waals surface area contributed by atoms with Crippen LogP contribution in [0.25, 0.3) is 0 Å². The van der Waals surface area contributed by atoms with Crippen molar-refractivity contribution in [2.75, 3.05) is 11.8 Å². The lowest BCUT2D eigenvalue weighted by Crippen LogP contribution is -2.30. The Morgan fingerprint density at radius 1 is 1.05 bits per heavy atom. The minimum atomic E-state index is 0.0548. The van der Waals surface area contributed by atoms with Gasteiger partial charge in [0.1, 0.15) is 5.75 Å². The number of rotatable bonds is 2. The van der Waals surface area contributed by atoms with E-state index in [1.807, 2.05) is 18.2 Å². The quantitative estimate of drug-likeness (QED) is 0.631. The summed E-state index contributed by atoms with van der Waals surface area (Å²) in [5.74, 6) is 0.288. The molecule has 3 rings (SSSR count). The Balaban J connectivity index is 1.96. The first-order chi connectivity index (χ1) is 9.65. The maximum atomic E-state index is 9.56. The Labute approximate surface area is 116 Å². The lowest BCUT2D eigenvalue weighted by atomic mass is 9.89. The van der Waals surface area contributed by atoms with Crippen LogP contribution in [0.5, 0.6) is 5.75 Å². The van der Waals surface area contributed by atoms with Gasteiger partial charge in [0.05, 0.1) is 11.7 Å². The van der Waals surface area contributed by atoms with Crippen LogP contribution in [-0.4, -0.2) is 22.1 Å². The third-order valence-corrected chi connectivity index (χ3v) is 3.64. The van der Waals surface area contributed by atoms with Gasteiger partial charge in [0.25, 0.3) is 0 Å². The number of hydrogen-bond donors (Lipinski definition) is 4. The Morgan fingerprint density at radius 2 is 1.80 bits per heavy atom. The summed E-state index contributed by atoms with van der Waals surface area (Å²) >= 11 is 0. The van der Waals surface area contributed by atoms with E-state index in [1.165, 1.54) is 0 Å². The van der Waals surface area contributed by atoms with Gasteiger partial charge >= 0.3 is 0 Å². The summed E-state index contributed by atoms with van der Waals surface area (Å²) in [6.45, 7) is 0.842. The van der Waals surface area contributed by atoms with Crippen molar-refractivity contribution in [3.8, 4) is 5.75 Å². The van der Waals surface area contributed by atoms with Crippen LogP contribution in [0.3, 0.4) is 0 Å². The molecular formula is C15H16N2O3. The number of aromatic hydroxyl groups is 1. The molecule has 5 heteroatoms. The highest BCUT2D eigenvalue weighted by atomic mass is 16.8. The predicted octanol–water partition coefficient (Wildman–Crippen LogP) is 2.21. The van der Waals surface area contributed by atoms with E-state index in [2.05, 4.69) is 5.32 Å². The van der Waals surface area contributed by atoms with Gasteiger partial charge in [-0.3, -0.25) is 10.4 Å². The van der Waals surface area contributed by atoms with E-state index < -0.39 is 0 Å². The third kappa shape index (κ3) is 2.34. The second-order valence-corrected chi connectivity index (χ2v) is 4.90. The smallest absolute Gasteiger partial charge is 0.115 e.